The molecule has 2 aliphatic heterocycles. The van der Waals surface area contributed by atoms with E-state index < -0.39 is 5.56 Å². The third-order valence-corrected chi connectivity index (χ3v) is 7.22. The van der Waals surface area contributed by atoms with Crippen molar-refractivity contribution in [3.05, 3.63) is 58.8 Å². The molecule has 4 heterocycles. The van der Waals surface area contributed by atoms with E-state index >= 15 is 4.39 Å². The maximum atomic E-state index is 15.0. The van der Waals surface area contributed by atoms with Gasteiger partial charge in [0.25, 0.3) is 5.56 Å². The van der Waals surface area contributed by atoms with E-state index in [2.05, 4.69) is 45.5 Å². The summed E-state index contributed by atoms with van der Waals surface area (Å²) in [5.41, 5.74) is 1.79. The van der Waals surface area contributed by atoms with Crippen LogP contribution in [0.4, 0.5) is 21.7 Å². The van der Waals surface area contributed by atoms with E-state index in [0.717, 1.165) is 26.2 Å². The van der Waals surface area contributed by atoms with Crippen molar-refractivity contribution in [2.45, 2.75) is 33.7 Å². The Hall–Kier alpha value is -3.77. The monoisotopic (exact) mass is 487 g/mol. The Kier molecular flexibility index (Phi) is 5.80. The molecule has 1 N–H and O–H groups in total. The number of anilines is 3. The molecule has 3 aromatic rings. The Morgan fingerprint density at radius 2 is 1.92 bits per heavy atom. The summed E-state index contributed by atoms with van der Waals surface area (Å²) in [5, 5.41) is 13.0. The number of nitrogens with one attached hydrogen (secondary N) is 1. The number of benzene rings is 1. The molecule has 0 saturated carbocycles. The summed E-state index contributed by atoms with van der Waals surface area (Å²) >= 11 is 0. The minimum absolute atomic E-state index is 0.00198. The minimum Gasteiger partial charge on any atom is -0.368 e. The van der Waals surface area contributed by atoms with Crippen LogP contribution in [0.5, 0.6) is 0 Å². The number of nitrogens with zero attached hydrogens (tertiary/aromatic N) is 6. The van der Waals surface area contributed by atoms with Crippen LogP contribution in [0.15, 0.2) is 41.8 Å². The smallest absolute Gasteiger partial charge is 0.274 e. The van der Waals surface area contributed by atoms with Crippen LogP contribution in [0.2, 0.25) is 0 Å². The standard InChI is InChI=1S/C27H30FN7O/c1-16(2)18(5)35-24-20(8-19(10-29)25(35)36)11-30-26(32-24)31-21-6-7-23(22(28)9-21)34-14-27(15-34)12-33(13-27)17(3)4/h6-9,11,16-17H,5,12-15H2,1-4H3,(H,30,31,32). The van der Waals surface area contributed by atoms with Gasteiger partial charge in [0, 0.05) is 60.6 Å². The molecule has 0 aliphatic carbocycles. The molecule has 5 rings (SSSR count). The quantitative estimate of drug-likeness (QED) is 0.557. The molecule has 2 aromatic heterocycles. The number of hydrogen-bond donors (Lipinski definition) is 1. The number of nitriles is 1. The summed E-state index contributed by atoms with van der Waals surface area (Å²) < 4.78 is 16.4. The SMILES string of the molecule is C=C(C(C)C)n1c(=O)c(C#N)cc2cnc(Nc3ccc(N4CC5(C4)CN(C(C)C)C5)c(F)c3)nc21. The van der Waals surface area contributed by atoms with Crippen LogP contribution < -0.4 is 15.8 Å². The number of aromatic nitrogens is 3. The normalized spacial score (nSPS) is 16.8. The van der Waals surface area contributed by atoms with Crippen molar-refractivity contribution in [2.24, 2.45) is 11.3 Å². The Bertz CT molecular complexity index is 1460. The van der Waals surface area contributed by atoms with Crippen molar-refractivity contribution < 1.29 is 4.39 Å². The fraction of sp³-hybridized carbons (Fsp3) is 0.407. The molecule has 0 radical (unpaired) electrons. The van der Waals surface area contributed by atoms with Crippen LogP contribution >= 0.6 is 0 Å². The molecule has 1 spiro atoms. The lowest BCUT2D eigenvalue weighted by molar-refractivity contribution is -0.0413. The van der Waals surface area contributed by atoms with Crippen molar-refractivity contribution in [3.8, 4) is 6.07 Å². The van der Waals surface area contributed by atoms with Crippen LogP contribution in [0.1, 0.15) is 33.3 Å². The van der Waals surface area contributed by atoms with E-state index in [1.54, 1.807) is 18.3 Å². The number of halogens is 1. The average Bonchev–Trinajstić information content (AvgIpc) is 2.77. The third kappa shape index (κ3) is 4.01. The molecule has 1 aromatic carbocycles. The molecule has 0 atom stereocenters. The number of fused-ring (bicyclic) bond motifs is 1. The Morgan fingerprint density at radius 3 is 2.53 bits per heavy atom. The maximum Gasteiger partial charge on any atom is 0.274 e. The summed E-state index contributed by atoms with van der Waals surface area (Å²) in [4.78, 5) is 26.2. The summed E-state index contributed by atoms with van der Waals surface area (Å²) in [5.74, 6) is -0.128. The molecular formula is C27H30FN7O. The van der Waals surface area contributed by atoms with Gasteiger partial charge in [-0.15, -0.1) is 0 Å². The van der Waals surface area contributed by atoms with Crippen molar-refractivity contribution in [2.75, 3.05) is 36.4 Å². The van der Waals surface area contributed by atoms with Crippen molar-refractivity contribution in [1.82, 2.24) is 19.4 Å². The number of pyridine rings is 1. The van der Waals surface area contributed by atoms with Gasteiger partial charge in [-0.05, 0) is 44.0 Å². The zero-order chi connectivity index (χ0) is 25.8. The highest BCUT2D eigenvalue weighted by Gasteiger charge is 2.52. The topological polar surface area (TPSA) is 90.1 Å². The van der Waals surface area contributed by atoms with E-state index in [9.17, 15) is 10.1 Å². The van der Waals surface area contributed by atoms with E-state index in [1.807, 2.05) is 19.9 Å². The highest BCUT2D eigenvalue weighted by molar-refractivity contribution is 5.80. The first kappa shape index (κ1) is 23.9. The number of allylic oxidation sites excluding steroid dienone is 1. The zero-order valence-electron chi connectivity index (χ0n) is 21.0. The second-order valence-electron chi connectivity index (χ2n) is 10.6. The molecular weight excluding hydrogens is 457 g/mol. The first-order valence-corrected chi connectivity index (χ1v) is 12.2. The van der Waals surface area contributed by atoms with E-state index in [1.165, 1.54) is 16.7 Å². The highest BCUT2D eigenvalue weighted by atomic mass is 19.1. The maximum absolute atomic E-state index is 15.0. The number of rotatable bonds is 6. The van der Waals surface area contributed by atoms with Crippen LogP contribution in [-0.4, -0.2) is 51.7 Å². The second-order valence-corrected chi connectivity index (χ2v) is 10.6. The van der Waals surface area contributed by atoms with Gasteiger partial charge in [-0.3, -0.25) is 14.3 Å². The van der Waals surface area contributed by atoms with Crippen molar-refractivity contribution >= 4 is 34.1 Å². The van der Waals surface area contributed by atoms with Crippen molar-refractivity contribution in [1.29, 1.82) is 5.26 Å². The van der Waals surface area contributed by atoms with Gasteiger partial charge in [-0.2, -0.15) is 10.2 Å². The Morgan fingerprint density at radius 1 is 1.19 bits per heavy atom. The van der Waals surface area contributed by atoms with Crippen LogP contribution in [0, 0.1) is 28.5 Å². The predicted octanol–water partition coefficient (Wildman–Crippen LogP) is 4.20. The van der Waals surface area contributed by atoms with Gasteiger partial charge in [0.2, 0.25) is 5.95 Å². The highest BCUT2D eigenvalue weighted by Crippen LogP contribution is 2.43. The number of hydrogen-bond acceptors (Lipinski definition) is 7. The molecule has 186 valence electrons. The summed E-state index contributed by atoms with van der Waals surface area (Å²) in [6, 6.07) is 8.98. The molecule has 2 aliphatic rings. The second kappa shape index (κ2) is 8.71. The van der Waals surface area contributed by atoms with Gasteiger partial charge in [-0.25, -0.2) is 9.37 Å². The molecule has 36 heavy (non-hydrogen) atoms. The summed E-state index contributed by atoms with van der Waals surface area (Å²) in [6.07, 6.45) is 1.54. The Balaban J connectivity index is 1.37. The lowest BCUT2D eigenvalue weighted by atomic mass is 9.72. The van der Waals surface area contributed by atoms with E-state index in [4.69, 9.17) is 0 Å². The summed E-state index contributed by atoms with van der Waals surface area (Å²) in [7, 11) is 0. The van der Waals surface area contributed by atoms with Crippen LogP contribution in [0.25, 0.3) is 16.7 Å². The first-order valence-electron chi connectivity index (χ1n) is 12.2. The first-order chi connectivity index (χ1) is 17.1. The predicted molar refractivity (Wildman–Crippen MR) is 140 cm³/mol. The van der Waals surface area contributed by atoms with Crippen molar-refractivity contribution in [3.63, 3.8) is 0 Å². The van der Waals surface area contributed by atoms with Gasteiger partial charge in [0.15, 0.2) is 5.65 Å². The fourth-order valence-electron chi connectivity index (χ4n) is 5.05. The molecule has 2 saturated heterocycles. The van der Waals surface area contributed by atoms with Gasteiger partial charge < -0.3 is 10.2 Å². The van der Waals surface area contributed by atoms with Gasteiger partial charge in [0.1, 0.15) is 17.4 Å². The van der Waals surface area contributed by atoms with Gasteiger partial charge in [0.05, 0.1) is 5.69 Å². The van der Waals surface area contributed by atoms with Crippen LogP contribution in [0.3, 0.4) is 0 Å². The average molecular weight is 488 g/mol. The fourth-order valence-corrected chi connectivity index (χ4v) is 5.05. The number of likely N-dealkylation sites (tertiary alicyclic amines) is 1. The molecule has 9 heteroatoms. The van der Waals surface area contributed by atoms with Gasteiger partial charge >= 0.3 is 0 Å². The van der Waals surface area contributed by atoms with E-state index in [-0.39, 0.29) is 23.2 Å². The van der Waals surface area contributed by atoms with E-state index in [0.29, 0.717) is 39.6 Å². The summed E-state index contributed by atoms with van der Waals surface area (Å²) in [6.45, 7) is 16.2. The molecule has 0 bridgehead atoms. The molecule has 0 amide bonds. The molecule has 2 fully saturated rings. The molecule has 8 nitrogen and oxygen atoms in total. The lowest BCUT2D eigenvalue weighted by Gasteiger charge is -2.62. The largest absolute Gasteiger partial charge is 0.368 e. The van der Waals surface area contributed by atoms with Crippen LogP contribution in [-0.2, 0) is 0 Å². The third-order valence-electron chi connectivity index (χ3n) is 7.22. The lowest BCUT2D eigenvalue weighted by Crippen LogP contribution is -2.73. The van der Waals surface area contributed by atoms with Gasteiger partial charge in [-0.1, -0.05) is 20.4 Å². The Labute approximate surface area is 209 Å². The molecule has 0 unspecified atom stereocenters. The minimum atomic E-state index is -0.473. The zero-order valence-corrected chi connectivity index (χ0v) is 21.0.